The Bertz CT molecular complexity index is 540. The van der Waals surface area contributed by atoms with E-state index in [9.17, 15) is 0 Å². The Morgan fingerprint density at radius 2 is 2.12 bits per heavy atom. The first kappa shape index (κ1) is 12.9. The Balaban J connectivity index is 2.59. The van der Waals surface area contributed by atoms with Gasteiger partial charge in [0.25, 0.3) is 0 Å². The Hall–Kier alpha value is -0.580. The van der Waals surface area contributed by atoms with Gasteiger partial charge in [-0.1, -0.05) is 27.5 Å². The van der Waals surface area contributed by atoms with E-state index in [0.29, 0.717) is 10.9 Å². The van der Waals surface area contributed by atoms with E-state index in [-0.39, 0.29) is 0 Å². The normalized spacial score (nSPS) is 10.8. The second kappa shape index (κ2) is 5.38. The predicted molar refractivity (Wildman–Crippen MR) is 73.4 cm³/mol. The van der Waals surface area contributed by atoms with Gasteiger partial charge in [-0.2, -0.15) is 0 Å². The molecule has 2 rings (SSSR count). The third kappa shape index (κ3) is 2.49. The van der Waals surface area contributed by atoms with Gasteiger partial charge in [-0.25, -0.2) is 0 Å². The largest absolute Gasteiger partial charge is 0.310 e. The zero-order valence-electron chi connectivity index (χ0n) is 9.12. The van der Waals surface area contributed by atoms with Gasteiger partial charge in [-0.15, -0.1) is 21.8 Å². The lowest BCUT2D eigenvalue weighted by molar-refractivity contribution is 0.731. The number of halogens is 3. The molecule has 0 atom stereocenters. The van der Waals surface area contributed by atoms with Gasteiger partial charge in [0.15, 0.2) is 5.82 Å². The Morgan fingerprint density at radius 1 is 1.35 bits per heavy atom. The minimum Gasteiger partial charge on any atom is -0.310 e. The van der Waals surface area contributed by atoms with Gasteiger partial charge in [0.1, 0.15) is 5.82 Å². The van der Waals surface area contributed by atoms with Crippen molar-refractivity contribution < 1.29 is 0 Å². The lowest BCUT2D eigenvalue weighted by Crippen LogP contribution is -2.02. The smallest absolute Gasteiger partial charge is 0.165 e. The molecule has 2 aromatic rings. The fourth-order valence-corrected chi connectivity index (χ4v) is 2.43. The van der Waals surface area contributed by atoms with Crippen molar-refractivity contribution in [3.05, 3.63) is 33.5 Å². The highest BCUT2D eigenvalue weighted by molar-refractivity contribution is 9.10. The Labute approximate surface area is 118 Å². The molecular formula is C11H10BrCl2N3. The highest BCUT2D eigenvalue weighted by Gasteiger charge is 2.14. The highest BCUT2D eigenvalue weighted by atomic mass is 79.9. The van der Waals surface area contributed by atoms with E-state index < -0.39 is 0 Å². The molecule has 0 fully saturated rings. The van der Waals surface area contributed by atoms with Crippen LogP contribution in [0.1, 0.15) is 12.7 Å². The van der Waals surface area contributed by atoms with Gasteiger partial charge in [0.2, 0.25) is 0 Å². The lowest BCUT2D eigenvalue weighted by atomic mass is 10.2. The molecule has 17 heavy (non-hydrogen) atoms. The summed E-state index contributed by atoms with van der Waals surface area (Å²) >= 11 is 15.3. The first-order valence-corrected chi connectivity index (χ1v) is 6.81. The van der Waals surface area contributed by atoms with E-state index >= 15 is 0 Å². The molecule has 0 radical (unpaired) electrons. The van der Waals surface area contributed by atoms with Crippen LogP contribution >= 0.6 is 39.1 Å². The molecule has 6 heteroatoms. The summed E-state index contributed by atoms with van der Waals surface area (Å²) in [6.45, 7) is 2.80. The third-order valence-corrected chi connectivity index (χ3v) is 3.60. The number of benzene rings is 1. The van der Waals surface area contributed by atoms with Crippen molar-refractivity contribution in [2.24, 2.45) is 0 Å². The number of alkyl halides is 1. The van der Waals surface area contributed by atoms with Crippen molar-refractivity contribution in [1.82, 2.24) is 14.8 Å². The Kier molecular flexibility index (Phi) is 4.07. The van der Waals surface area contributed by atoms with Gasteiger partial charge in [-0.05, 0) is 25.1 Å². The standard InChI is InChI=1S/C11H10BrCl2N3/c1-2-17-10(6-13)15-16-11(17)8-5-7(14)3-4-9(8)12/h3-5H,2,6H2,1H3. The summed E-state index contributed by atoms with van der Waals surface area (Å²) < 4.78 is 2.91. The second-order valence-corrected chi connectivity index (χ2v) is 5.00. The van der Waals surface area contributed by atoms with Crippen molar-refractivity contribution in [3.8, 4) is 11.4 Å². The van der Waals surface area contributed by atoms with Crippen molar-refractivity contribution >= 4 is 39.1 Å². The van der Waals surface area contributed by atoms with Gasteiger partial charge in [-0.3, -0.25) is 0 Å². The average molecular weight is 335 g/mol. The van der Waals surface area contributed by atoms with E-state index in [2.05, 4.69) is 26.1 Å². The Morgan fingerprint density at radius 3 is 2.76 bits per heavy atom. The van der Waals surface area contributed by atoms with Crippen molar-refractivity contribution in [1.29, 1.82) is 0 Å². The monoisotopic (exact) mass is 333 g/mol. The van der Waals surface area contributed by atoms with E-state index in [0.717, 1.165) is 28.2 Å². The maximum absolute atomic E-state index is 6.00. The van der Waals surface area contributed by atoms with Crippen molar-refractivity contribution in [2.75, 3.05) is 0 Å². The molecule has 0 aliphatic heterocycles. The summed E-state index contributed by atoms with van der Waals surface area (Å²) in [6, 6.07) is 5.58. The molecule has 0 aliphatic rings. The van der Waals surface area contributed by atoms with Gasteiger partial charge in [0, 0.05) is 21.6 Å². The number of aromatic nitrogens is 3. The van der Waals surface area contributed by atoms with E-state index in [4.69, 9.17) is 23.2 Å². The van der Waals surface area contributed by atoms with Gasteiger partial charge >= 0.3 is 0 Å². The van der Waals surface area contributed by atoms with Gasteiger partial charge in [0.05, 0.1) is 5.88 Å². The van der Waals surface area contributed by atoms with Crippen LogP contribution in [0.5, 0.6) is 0 Å². The summed E-state index contributed by atoms with van der Waals surface area (Å²) in [5, 5.41) is 8.91. The van der Waals surface area contributed by atoms with Crippen LogP contribution in [0.25, 0.3) is 11.4 Å². The first-order valence-electron chi connectivity index (χ1n) is 5.10. The molecule has 0 unspecified atom stereocenters. The summed E-state index contributed by atoms with van der Waals surface area (Å²) in [5.74, 6) is 1.88. The van der Waals surface area contributed by atoms with Crippen LogP contribution in [-0.4, -0.2) is 14.8 Å². The van der Waals surface area contributed by atoms with Crippen LogP contribution in [0, 0.1) is 0 Å². The molecule has 0 saturated heterocycles. The number of hydrogen-bond donors (Lipinski definition) is 0. The number of nitrogens with zero attached hydrogens (tertiary/aromatic N) is 3. The molecule has 0 saturated carbocycles. The fraction of sp³-hybridized carbons (Fsp3) is 0.273. The summed E-state index contributed by atoms with van der Waals surface area (Å²) in [7, 11) is 0. The maximum atomic E-state index is 6.00. The van der Waals surface area contributed by atoms with E-state index in [1.807, 2.05) is 29.7 Å². The quantitative estimate of drug-likeness (QED) is 0.790. The molecule has 0 amide bonds. The van der Waals surface area contributed by atoms with Crippen LogP contribution in [0.2, 0.25) is 5.02 Å². The SMILES string of the molecule is CCn1c(CCl)nnc1-c1cc(Cl)ccc1Br. The fourth-order valence-electron chi connectivity index (χ4n) is 1.63. The molecule has 1 heterocycles. The molecule has 1 aromatic heterocycles. The molecule has 0 N–H and O–H groups in total. The van der Waals surface area contributed by atoms with Crippen LogP contribution in [0.4, 0.5) is 0 Å². The molecular weight excluding hydrogens is 325 g/mol. The van der Waals surface area contributed by atoms with Crippen LogP contribution in [0.3, 0.4) is 0 Å². The highest BCUT2D eigenvalue weighted by Crippen LogP contribution is 2.30. The van der Waals surface area contributed by atoms with Gasteiger partial charge < -0.3 is 4.57 Å². The van der Waals surface area contributed by atoms with Crippen molar-refractivity contribution in [3.63, 3.8) is 0 Å². The summed E-state index contributed by atoms with van der Waals surface area (Å²) in [4.78, 5) is 0. The second-order valence-electron chi connectivity index (χ2n) is 3.44. The molecule has 0 spiro atoms. The minimum atomic E-state index is 0.346. The molecule has 1 aromatic carbocycles. The van der Waals surface area contributed by atoms with E-state index in [1.165, 1.54) is 0 Å². The van der Waals surface area contributed by atoms with Crippen molar-refractivity contribution in [2.45, 2.75) is 19.3 Å². The van der Waals surface area contributed by atoms with E-state index in [1.54, 1.807) is 0 Å². The predicted octanol–water partition coefficient (Wildman–Crippen LogP) is 4.12. The zero-order valence-corrected chi connectivity index (χ0v) is 12.2. The van der Waals surface area contributed by atoms with Crippen LogP contribution < -0.4 is 0 Å². The molecule has 90 valence electrons. The average Bonchev–Trinajstić information content (AvgIpc) is 2.74. The number of hydrogen-bond acceptors (Lipinski definition) is 2. The summed E-state index contributed by atoms with van der Waals surface area (Å²) in [5.41, 5.74) is 0.920. The molecule has 0 bridgehead atoms. The first-order chi connectivity index (χ1) is 8.17. The maximum Gasteiger partial charge on any atom is 0.165 e. The molecule has 3 nitrogen and oxygen atoms in total. The minimum absolute atomic E-state index is 0.346. The zero-order chi connectivity index (χ0) is 12.4. The van der Waals surface area contributed by atoms with Crippen LogP contribution in [0.15, 0.2) is 22.7 Å². The van der Waals surface area contributed by atoms with Crippen LogP contribution in [-0.2, 0) is 12.4 Å². The lowest BCUT2D eigenvalue weighted by Gasteiger charge is -2.08. The molecule has 0 aliphatic carbocycles. The topological polar surface area (TPSA) is 30.7 Å². The third-order valence-electron chi connectivity index (χ3n) is 2.43. The number of rotatable bonds is 3. The summed E-state index contributed by atoms with van der Waals surface area (Å²) in [6.07, 6.45) is 0.